The van der Waals surface area contributed by atoms with Gasteiger partial charge in [-0.3, -0.25) is 9.59 Å². The third-order valence-electron chi connectivity index (χ3n) is 5.68. The molecular weight excluding hydrogens is 344 g/mol. The Hall–Kier alpha value is -2.24. The summed E-state index contributed by atoms with van der Waals surface area (Å²) in [5.41, 5.74) is 0.583. The SMILES string of the molecule is COc1ccc(C(=O)N2CCCN(C(=O)C3CCCCC3)CC2)cc1OC. The molecule has 27 heavy (non-hydrogen) atoms. The fourth-order valence-corrected chi connectivity index (χ4v) is 4.10. The third-order valence-corrected chi connectivity index (χ3v) is 5.68. The molecule has 1 saturated heterocycles. The zero-order valence-corrected chi connectivity index (χ0v) is 16.4. The van der Waals surface area contributed by atoms with Gasteiger partial charge in [0.2, 0.25) is 5.91 Å². The molecule has 1 heterocycles. The maximum Gasteiger partial charge on any atom is 0.254 e. The van der Waals surface area contributed by atoms with Crippen LogP contribution in [-0.4, -0.2) is 62.0 Å². The number of amides is 2. The highest BCUT2D eigenvalue weighted by atomic mass is 16.5. The van der Waals surface area contributed by atoms with Crippen molar-refractivity contribution in [1.29, 1.82) is 0 Å². The van der Waals surface area contributed by atoms with Gasteiger partial charge in [0.25, 0.3) is 5.91 Å². The van der Waals surface area contributed by atoms with Crippen LogP contribution in [0.1, 0.15) is 48.9 Å². The Labute approximate surface area is 161 Å². The van der Waals surface area contributed by atoms with Crippen molar-refractivity contribution in [3.63, 3.8) is 0 Å². The summed E-state index contributed by atoms with van der Waals surface area (Å²) in [6.07, 6.45) is 6.42. The molecule has 6 nitrogen and oxygen atoms in total. The van der Waals surface area contributed by atoms with E-state index in [0.717, 1.165) is 38.6 Å². The van der Waals surface area contributed by atoms with Gasteiger partial charge in [0.05, 0.1) is 14.2 Å². The van der Waals surface area contributed by atoms with Crippen LogP contribution in [0.3, 0.4) is 0 Å². The summed E-state index contributed by atoms with van der Waals surface area (Å²) >= 11 is 0. The Morgan fingerprint density at radius 1 is 0.852 bits per heavy atom. The van der Waals surface area contributed by atoms with E-state index in [1.54, 1.807) is 32.4 Å². The number of carbonyl (C=O) groups excluding carboxylic acids is 2. The number of hydrogen-bond acceptors (Lipinski definition) is 4. The zero-order valence-electron chi connectivity index (χ0n) is 16.4. The number of rotatable bonds is 4. The van der Waals surface area contributed by atoms with Gasteiger partial charge in [-0.2, -0.15) is 0 Å². The quantitative estimate of drug-likeness (QED) is 0.813. The van der Waals surface area contributed by atoms with Crippen LogP contribution in [0.4, 0.5) is 0 Å². The fourth-order valence-electron chi connectivity index (χ4n) is 4.10. The molecule has 0 unspecified atom stereocenters. The minimum Gasteiger partial charge on any atom is -0.493 e. The van der Waals surface area contributed by atoms with Crippen LogP contribution >= 0.6 is 0 Å². The molecule has 1 aliphatic carbocycles. The van der Waals surface area contributed by atoms with Crippen LogP contribution in [0.15, 0.2) is 18.2 Å². The van der Waals surface area contributed by atoms with E-state index in [1.165, 1.54) is 6.42 Å². The molecule has 0 bridgehead atoms. The minimum absolute atomic E-state index is 0.0251. The minimum atomic E-state index is -0.0251. The first-order chi connectivity index (χ1) is 13.1. The molecule has 1 aromatic rings. The van der Waals surface area contributed by atoms with Crippen molar-refractivity contribution < 1.29 is 19.1 Å². The molecule has 0 radical (unpaired) electrons. The summed E-state index contributed by atoms with van der Waals surface area (Å²) in [6.45, 7) is 2.60. The van der Waals surface area contributed by atoms with Gasteiger partial charge >= 0.3 is 0 Å². The molecule has 148 valence electrons. The molecule has 6 heteroatoms. The predicted octanol–water partition coefficient (Wildman–Crippen LogP) is 2.96. The Balaban J connectivity index is 1.63. The van der Waals surface area contributed by atoms with E-state index in [2.05, 4.69) is 0 Å². The van der Waals surface area contributed by atoms with Crippen molar-refractivity contribution in [1.82, 2.24) is 9.80 Å². The van der Waals surface area contributed by atoms with Crippen LogP contribution in [0.25, 0.3) is 0 Å². The second kappa shape index (κ2) is 9.11. The van der Waals surface area contributed by atoms with Crippen LogP contribution < -0.4 is 9.47 Å². The number of benzene rings is 1. The van der Waals surface area contributed by atoms with Crippen molar-refractivity contribution >= 4 is 11.8 Å². The molecule has 3 rings (SSSR count). The van der Waals surface area contributed by atoms with Crippen LogP contribution in [0.5, 0.6) is 11.5 Å². The fraction of sp³-hybridized carbons (Fsp3) is 0.619. The number of nitrogens with zero attached hydrogens (tertiary/aromatic N) is 2. The van der Waals surface area contributed by atoms with Crippen molar-refractivity contribution in [2.24, 2.45) is 5.92 Å². The number of methoxy groups -OCH3 is 2. The maximum absolute atomic E-state index is 12.9. The molecule has 0 N–H and O–H groups in total. The van der Waals surface area contributed by atoms with Gasteiger partial charge in [-0.05, 0) is 37.5 Å². The lowest BCUT2D eigenvalue weighted by Gasteiger charge is -2.28. The van der Waals surface area contributed by atoms with Crippen molar-refractivity contribution in [2.45, 2.75) is 38.5 Å². The summed E-state index contributed by atoms with van der Waals surface area (Å²) in [7, 11) is 3.14. The summed E-state index contributed by atoms with van der Waals surface area (Å²) in [5.74, 6) is 1.60. The highest BCUT2D eigenvalue weighted by Gasteiger charge is 2.28. The monoisotopic (exact) mass is 374 g/mol. The first-order valence-corrected chi connectivity index (χ1v) is 9.94. The second-order valence-corrected chi connectivity index (χ2v) is 7.38. The molecular formula is C21H30N2O4. The van der Waals surface area contributed by atoms with Crippen molar-refractivity contribution in [2.75, 3.05) is 40.4 Å². The normalized spacial score (nSPS) is 18.7. The number of carbonyl (C=O) groups is 2. The number of ether oxygens (including phenoxy) is 2. The molecule has 0 spiro atoms. The van der Waals surface area contributed by atoms with Gasteiger partial charge in [0, 0.05) is 37.7 Å². The molecule has 2 aliphatic rings. The first-order valence-electron chi connectivity index (χ1n) is 9.94. The molecule has 1 aromatic carbocycles. The van der Waals surface area contributed by atoms with Gasteiger partial charge in [-0.1, -0.05) is 19.3 Å². The van der Waals surface area contributed by atoms with E-state index in [9.17, 15) is 9.59 Å². The average Bonchev–Trinajstić information content (AvgIpc) is 2.99. The van der Waals surface area contributed by atoms with Gasteiger partial charge in [0.1, 0.15) is 0 Å². The van der Waals surface area contributed by atoms with Crippen molar-refractivity contribution in [3.05, 3.63) is 23.8 Å². The van der Waals surface area contributed by atoms with Gasteiger partial charge in [-0.15, -0.1) is 0 Å². The molecule has 2 fully saturated rings. The average molecular weight is 374 g/mol. The highest BCUT2D eigenvalue weighted by molar-refractivity contribution is 5.95. The standard InChI is InChI=1S/C21H30N2O4/c1-26-18-10-9-17(15-19(18)27-2)21(25)23-12-6-11-22(13-14-23)20(24)16-7-4-3-5-8-16/h9-10,15-16H,3-8,11-14H2,1-2H3. The lowest BCUT2D eigenvalue weighted by Crippen LogP contribution is -2.40. The van der Waals surface area contributed by atoms with E-state index < -0.39 is 0 Å². The van der Waals surface area contributed by atoms with E-state index in [1.807, 2.05) is 9.80 Å². The molecule has 2 amide bonds. The molecule has 1 aliphatic heterocycles. The summed E-state index contributed by atoms with van der Waals surface area (Å²) < 4.78 is 10.5. The summed E-state index contributed by atoms with van der Waals surface area (Å²) in [6, 6.07) is 5.24. The first kappa shape index (κ1) is 19.5. The van der Waals surface area contributed by atoms with E-state index in [-0.39, 0.29) is 17.7 Å². The maximum atomic E-state index is 12.9. The van der Waals surface area contributed by atoms with Gasteiger partial charge < -0.3 is 19.3 Å². The Bertz CT molecular complexity index is 670. The van der Waals surface area contributed by atoms with Crippen LogP contribution in [0.2, 0.25) is 0 Å². The largest absolute Gasteiger partial charge is 0.493 e. The van der Waals surface area contributed by atoms with Gasteiger partial charge in [-0.25, -0.2) is 0 Å². The van der Waals surface area contributed by atoms with Gasteiger partial charge in [0.15, 0.2) is 11.5 Å². The molecule has 0 aromatic heterocycles. The molecule has 0 atom stereocenters. The van der Waals surface area contributed by atoms with E-state index >= 15 is 0 Å². The van der Waals surface area contributed by atoms with Crippen molar-refractivity contribution in [3.8, 4) is 11.5 Å². The Morgan fingerprint density at radius 2 is 1.52 bits per heavy atom. The number of hydrogen-bond donors (Lipinski definition) is 0. The smallest absolute Gasteiger partial charge is 0.254 e. The zero-order chi connectivity index (χ0) is 19.2. The van der Waals surface area contributed by atoms with Crippen LogP contribution in [0, 0.1) is 5.92 Å². The third kappa shape index (κ3) is 4.54. The lowest BCUT2D eigenvalue weighted by molar-refractivity contribution is -0.136. The second-order valence-electron chi connectivity index (χ2n) is 7.38. The topological polar surface area (TPSA) is 59.1 Å². The Kier molecular flexibility index (Phi) is 6.58. The summed E-state index contributed by atoms with van der Waals surface area (Å²) in [4.78, 5) is 29.5. The Morgan fingerprint density at radius 3 is 2.22 bits per heavy atom. The van der Waals surface area contributed by atoms with E-state index in [4.69, 9.17) is 9.47 Å². The van der Waals surface area contributed by atoms with E-state index in [0.29, 0.717) is 36.7 Å². The summed E-state index contributed by atoms with van der Waals surface area (Å²) in [5, 5.41) is 0. The highest BCUT2D eigenvalue weighted by Crippen LogP contribution is 2.29. The molecule has 1 saturated carbocycles. The predicted molar refractivity (Wildman–Crippen MR) is 103 cm³/mol. The van der Waals surface area contributed by atoms with Crippen LogP contribution in [-0.2, 0) is 4.79 Å². The lowest BCUT2D eigenvalue weighted by atomic mass is 9.88.